The lowest BCUT2D eigenvalue weighted by Crippen LogP contribution is -2.13. The SMILES string of the molecule is NCCNc1ccc2scnc2n1. The third-order valence-electron chi connectivity index (χ3n) is 1.64. The predicted molar refractivity (Wildman–Crippen MR) is 55.0 cm³/mol. The lowest BCUT2D eigenvalue weighted by Gasteiger charge is -2.01. The number of anilines is 1. The fourth-order valence-corrected chi connectivity index (χ4v) is 1.67. The van der Waals surface area contributed by atoms with Gasteiger partial charge in [-0.15, -0.1) is 11.3 Å². The standard InChI is InChI=1S/C8H10N4S/c9-3-4-10-7-2-1-6-8(12-7)11-5-13-6/h1-2,5H,3-4,9H2,(H,10,12). The molecule has 3 N–H and O–H groups in total. The Bertz CT molecular complexity index is 398. The Morgan fingerprint density at radius 2 is 2.38 bits per heavy atom. The summed E-state index contributed by atoms with van der Waals surface area (Å²) in [5, 5.41) is 3.10. The Hall–Kier alpha value is -1.20. The highest BCUT2D eigenvalue weighted by molar-refractivity contribution is 7.16. The minimum Gasteiger partial charge on any atom is -0.369 e. The molecule has 0 aliphatic rings. The number of nitrogens with zero attached hydrogens (tertiary/aromatic N) is 2. The van der Waals surface area contributed by atoms with E-state index < -0.39 is 0 Å². The predicted octanol–water partition coefficient (Wildman–Crippen LogP) is 1.06. The van der Waals surface area contributed by atoms with Crippen molar-refractivity contribution in [2.24, 2.45) is 5.73 Å². The largest absolute Gasteiger partial charge is 0.369 e. The average Bonchev–Trinajstić information content (AvgIpc) is 2.61. The van der Waals surface area contributed by atoms with E-state index in [2.05, 4.69) is 15.3 Å². The molecule has 2 aromatic rings. The van der Waals surface area contributed by atoms with Crippen molar-refractivity contribution in [2.75, 3.05) is 18.4 Å². The fourth-order valence-electron chi connectivity index (χ4n) is 1.05. The van der Waals surface area contributed by atoms with Crippen LogP contribution in [0.2, 0.25) is 0 Å². The number of fused-ring (bicyclic) bond motifs is 1. The van der Waals surface area contributed by atoms with Crippen LogP contribution >= 0.6 is 11.3 Å². The summed E-state index contributed by atoms with van der Waals surface area (Å²) < 4.78 is 1.11. The fraction of sp³-hybridized carbons (Fsp3) is 0.250. The molecule has 0 unspecified atom stereocenters. The molecule has 0 atom stereocenters. The summed E-state index contributed by atoms with van der Waals surface area (Å²) in [6.45, 7) is 1.35. The smallest absolute Gasteiger partial charge is 0.172 e. The molecule has 4 nitrogen and oxygen atoms in total. The van der Waals surface area contributed by atoms with Crippen molar-refractivity contribution in [1.82, 2.24) is 9.97 Å². The maximum atomic E-state index is 5.37. The second-order valence-corrected chi connectivity index (χ2v) is 3.47. The zero-order valence-electron chi connectivity index (χ0n) is 7.03. The van der Waals surface area contributed by atoms with Crippen LogP contribution in [0.1, 0.15) is 0 Å². The van der Waals surface area contributed by atoms with Crippen LogP contribution < -0.4 is 11.1 Å². The molecular weight excluding hydrogens is 184 g/mol. The van der Waals surface area contributed by atoms with Gasteiger partial charge in [0.25, 0.3) is 0 Å². The van der Waals surface area contributed by atoms with Crippen molar-refractivity contribution in [3.05, 3.63) is 17.6 Å². The van der Waals surface area contributed by atoms with Crippen LogP contribution in [0.4, 0.5) is 5.82 Å². The van der Waals surface area contributed by atoms with Gasteiger partial charge in [0, 0.05) is 13.1 Å². The minimum atomic E-state index is 0.608. The lowest BCUT2D eigenvalue weighted by atomic mass is 10.4. The molecule has 0 aromatic carbocycles. The van der Waals surface area contributed by atoms with Crippen molar-refractivity contribution < 1.29 is 0 Å². The van der Waals surface area contributed by atoms with Crippen molar-refractivity contribution in [3.63, 3.8) is 0 Å². The zero-order valence-corrected chi connectivity index (χ0v) is 7.84. The van der Waals surface area contributed by atoms with E-state index in [4.69, 9.17) is 5.73 Å². The van der Waals surface area contributed by atoms with Gasteiger partial charge in [-0.3, -0.25) is 0 Å². The van der Waals surface area contributed by atoms with Crippen LogP contribution in [-0.4, -0.2) is 23.1 Å². The number of pyridine rings is 1. The second kappa shape index (κ2) is 3.68. The molecule has 0 aliphatic heterocycles. The molecule has 68 valence electrons. The van der Waals surface area contributed by atoms with E-state index in [-0.39, 0.29) is 0 Å². The van der Waals surface area contributed by atoms with Crippen molar-refractivity contribution in [3.8, 4) is 0 Å². The van der Waals surface area contributed by atoms with Crippen LogP contribution in [0.25, 0.3) is 10.3 Å². The Labute approximate surface area is 79.8 Å². The molecule has 0 fully saturated rings. The number of hydrogen-bond acceptors (Lipinski definition) is 5. The third kappa shape index (κ3) is 1.76. The first kappa shape index (κ1) is 8.40. The van der Waals surface area contributed by atoms with Gasteiger partial charge in [-0.25, -0.2) is 9.97 Å². The maximum absolute atomic E-state index is 5.37. The van der Waals surface area contributed by atoms with Gasteiger partial charge in [0.2, 0.25) is 0 Å². The molecule has 2 rings (SSSR count). The van der Waals surface area contributed by atoms with Gasteiger partial charge in [-0.05, 0) is 12.1 Å². The van der Waals surface area contributed by atoms with Gasteiger partial charge in [-0.2, -0.15) is 0 Å². The van der Waals surface area contributed by atoms with Gasteiger partial charge >= 0.3 is 0 Å². The van der Waals surface area contributed by atoms with Crippen molar-refractivity contribution in [1.29, 1.82) is 0 Å². The van der Waals surface area contributed by atoms with E-state index >= 15 is 0 Å². The highest BCUT2D eigenvalue weighted by atomic mass is 32.1. The average molecular weight is 194 g/mol. The molecule has 0 saturated carbocycles. The van der Waals surface area contributed by atoms with Gasteiger partial charge in [0.1, 0.15) is 5.82 Å². The first-order chi connectivity index (χ1) is 6.40. The number of rotatable bonds is 3. The quantitative estimate of drug-likeness (QED) is 0.767. The highest BCUT2D eigenvalue weighted by Crippen LogP contribution is 2.17. The van der Waals surface area contributed by atoms with E-state index in [1.54, 1.807) is 16.8 Å². The van der Waals surface area contributed by atoms with E-state index in [0.29, 0.717) is 6.54 Å². The van der Waals surface area contributed by atoms with Crippen LogP contribution in [0.5, 0.6) is 0 Å². The van der Waals surface area contributed by atoms with Crippen molar-refractivity contribution >= 4 is 27.5 Å². The summed E-state index contributed by atoms with van der Waals surface area (Å²) in [6, 6.07) is 3.95. The van der Waals surface area contributed by atoms with Crippen molar-refractivity contribution in [2.45, 2.75) is 0 Å². The Morgan fingerprint density at radius 3 is 3.23 bits per heavy atom. The Kier molecular flexibility index (Phi) is 2.37. The summed E-state index contributed by atoms with van der Waals surface area (Å²) >= 11 is 1.59. The van der Waals surface area contributed by atoms with Crippen LogP contribution in [-0.2, 0) is 0 Å². The van der Waals surface area contributed by atoms with Crippen LogP contribution in [0.15, 0.2) is 17.6 Å². The third-order valence-corrected chi connectivity index (χ3v) is 2.43. The van der Waals surface area contributed by atoms with Gasteiger partial charge < -0.3 is 11.1 Å². The highest BCUT2D eigenvalue weighted by Gasteiger charge is 1.98. The molecule has 5 heteroatoms. The maximum Gasteiger partial charge on any atom is 0.172 e. The first-order valence-corrected chi connectivity index (χ1v) is 4.92. The summed E-state index contributed by atoms with van der Waals surface area (Å²) in [5.74, 6) is 0.837. The van der Waals surface area contributed by atoms with E-state index in [9.17, 15) is 0 Å². The molecule has 0 radical (unpaired) electrons. The summed E-state index contributed by atoms with van der Waals surface area (Å²) in [4.78, 5) is 8.43. The number of hydrogen-bond donors (Lipinski definition) is 2. The molecule has 0 saturated heterocycles. The number of nitrogens with two attached hydrogens (primary N) is 1. The Morgan fingerprint density at radius 1 is 1.46 bits per heavy atom. The first-order valence-electron chi connectivity index (χ1n) is 4.04. The van der Waals surface area contributed by atoms with Gasteiger partial charge in [0.05, 0.1) is 10.2 Å². The Balaban J connectivity index is 2.26. The lowest BCUT2D eigenvalue weighted by molar-refractivity contribution is 1.01. The monoisotopic (exact) mass is 194 g/mol. The molecule has 0 amide bonds. The van der Waals surface area contributed by atoms with E-state index in [0.717, 1.165) is 22.7 Å². The second-order valence-electron chi connectivity index (χ2n) is 2.59. The number of thiazole rings is 1. The molecule has 0 bridgehead atoms. The van der Waals surface area contributed by atoms with E-state index in [1.165, 1.54) is 0 Å². The normalized spacial score (nSPS) is 10.5. The zero-order chi connectivity index (χ0) is 9.10. The minimum absolute atomic E-state index is 0.608. The molecule has 13 heavy (non-hydrogen) atoms. The summed E-state index contributed by atoms with van der Waals surface area (Å²) in [7, 11) is 0. The number of nitrogens with one attached hydrogen (secondary N) is 1. The van der Waals surface area contributed by atoms with Gasteiger partial charge in [-0.1, -0.05) is 0 Å². The summed E-state index contributed by atoms with van der Waals surface area (Å²) in [5.41, 5.74) is 7.96. The molecule has 0 spiro atoms. The molecule has 0 aliphatic carbocycles. The summed E-state index contributed by atoms with van der Waals surface area (Å²) in [6.07, 6.45) is 0. The topological polar surface area (TPSA) is 63.8 Å². The molecular formula is C8H10N4S. The van der Waals surface area contributed by atoms with E-state index in [1.807, 2.05) is 12.1 Å². The molecule has 2 aromatic heterocycles. The molecule has 2 heterocycles. The number of aromatic nitrogens is 2. The van der Waals surface area contributed by atoms with Gasteiger partial charge in [0.15, 0.2) is 5.65 Å². The van der Waals surface area contributed by atoms with Crippen LogP contribution in [0.3, 0.4) is 0 Å². The van der Waals surface area contributed by atoms with Crippen LogP contribution in [0, 0.1) is 0 Å².